The molecule has 1 N–H and O–H groups in total. The Labute approximate surface area is 134 Å². The van der Waals surface area contributed by atoms with Gasteiger partial charge in [-0.2, -0.15) is 0 Å². The monoisotopic (exact) mass is 318 g/mol. The van der Waals surface area contributed by atoms with E-state index in [-0.39, 0.29) is 17.7 Å². The van der Waals surface area contributed by atoms with Crippen molar-refractivity contribution in [3.63, 3.8) is 0 Å². The molecule has 0 spiro atoms. The van der Waals surface area contributed by atoms with E-state index in [1.165, 1.54) is 24.3 Å². The summed E-state index contributed by atoms with van der Waals surface area (Å²) in [5.41, 5.74) is 1.52. The fourth-order valence-corrected chi connectivity index (χ4v) is 3.12. The lowest BCUT2D eigenvalue weighted by atomic mass is 9.95. The summed E-state index contributed by atoms with van der Waals surface area (Å²) in [4.78, 5) is 2.22. The molecule has 1 aliphatic rings. The smallest absolute Gasteiger partial charge is 0.124 e. The van der Waals surface area contributed by atoms with Crippen molar-refractivity contribution in [3.05, 3.63) is 65.2 Å². The van der Waals surface area contributed by atoms with Crippen LogP contribution in [-0.4, -0.2) is 38.2 Å². The Bertz CT molecular complexity index is 672. The number of ether oxygens (including phenoxy) is 1. The van der Waals surface area contributed by atoms with Gasteiger partial charge in [0.25, 0.3) is 0 Å². The Hall–Kier alpha value is -1.98. The van der Waals surface area contributed by atoms with E-state index in [0.29, 0.717) is 5.75 Å². The number of nitrogens with one attached hydrogen (secondary N) is 1. The van der Waals surface area contributed by atoms with Crippen LogP contribution >= 0.6 is 0 Å². The Balaban J connectivity index is 2.09. The van der Waals surface area contributed by atoms with Gasteiger partial charge in [-0.1, -0.05) is 12.1 Å². The molecular weight excluding hydrogens is 298 g/mol. The highest BCUT2D eigenvalue weighted by molar-refractivity contribution is 5.42. The van der Waals surface area contributed by atoms with Crippen LogP contribution in [0.5, 0.6) is 5.75 Å². The Morgan fingerprint density at radius 2 is 1.78 bits per heavy atom. The minimum atomic E-state index is -0.322. The Morgan fingerprint density at radius 3 is 2.48 bits per heavy atom. The van der Waals surface area contributed by atoms with Gasteiger partial charge in [0.1, 0.15) is 17.4 Å². The molecule has 2 aromatic carbocycles. The predicted molar refractivity (Wildman–Crippen MR) is 85.6 cm³/mol. The van der Waals surface area contributed by atoms with Crippen molar-refractivity contribution in [2.45, 2.75) is 6.04 Å². The van der Waals surface area contributed by atoms with Crippen molar-refractivity contribution in [1.29, 1.82) is 0 Å². The van der Waals surface area contributed by atoms with E-state index >= 15 is 0 Å². The van der Waals surface area contributed by atoms with Crippen LogP contribution < -0.4 is 10.1 Å². The lowest BCUT2D eigenvalue weighted by Crippen LogP contribution is -2.45. The lowest BCUT2D eigenvalue weighted by Gasteiger charge is -2.36. The first-order valence-corrected chi connectivity index (χ1v) is 7.72. The van der Waals surface area contributed by atoms with Crippen LogP contribution in [0.4, 0.5) is 8.78 Å². The van der Waals surface area contributed by atoms with Crippen molar-refractivity contribution >= 4 is 0 Å². The Kier molecular flexibility index (Phi) is 4.88. The number of hydrogen-bond donors (Lipinski definition) is 1. The van der Waals surface area contributed by atoms with Gasteiger partial charge in [0.05, 0.1) is 13.2 Å². The summed E-state index contributed by atoms with van der Waals surface area (Å²) < 4.78 is 33.0. The maximum Gasteiger partial charge on any atom is 0.124 e. The maximum absolute atomic E-state index is 13.8. The minimum Gasteiger partial charge on any atom is -0.496 e. The van der Waals surface area contributed by atoms with E-state index < -0.39 is 0 Å². The molecule has 0 aliphatic carbocycles. The minimum absolute atomic E-state index is 0.238. The second-order valence-electron chi connectivity index (χ2n) is 5.63. The van der Waals surface area contributed by atoms with Gasteiger partial charge < -0.3 is 10.1 Å². The summed E-state index contributed by atoms with van der Waals surface area (Å²) in [6.07, 6.45) is 0. The summed E-state index contributed by atoms with van der Waals surface area (Å²) in [5, 5.41) is 3.30. The molecule has 1 heterocycles. The molecule has 0 aromatic heterocycles. The van der Waals surface area contributed by atoms with E-state index in [1.54, 1.807) is 19.2 Å². The molecule has 0 bridgehead atoms. The third kappa shape index (κ3) is 3.51. The van der Waals surface area contributed by atoms with Crippen LogP contribution in [-0.2, 0) is 0 Å². The molecule has 1 unspecified atom stereocenters. The first-order chi connectivity index (χ1) is 11.2. The fraction of sp³-hybridized carbons (Fsp3) is 0.333. The molecule has 0 radical (unpaired) electrons. The van der Waals surface area contributed by atoms with E-state index in [1.807, 2.05) is 6.07 Å². The molecule has 23 heavy (non-hydrogen) atoms. The van der Waals surface area contributed by atoms with Gasteiger partial charge in [0.2, 0.25) is 0 Å². The maximum atomic E-state index is 13.8. The van der Waals surface area contributed by atoms with Crippen LogP contribution in [0.2, 0.25) is 0 Å². The van der Waals surface area contributed by atoms with Crippen LogP contribution in [0.1, 0.15) is 17.2 Å². The molecular formula is C18H20F2N2O. The molecule has 3 rings (SSSR count). The summed E-state index contributed by atoms with van der Waals surface area (Å²) >= 11 is 0. The highest BCUT2D eigenvalue weighted by atomic mass is 19.1. The van der Waals surface area contributed by atoms with Gasteiger partial charge in [0.15, 0.2) is 0 Å². The number of nitrogens with zero attached hydrogens (tertiary/aromatic N) is 1. The van der Waals surface area contributed by atoms with Crippen molar-refractivity contribution < 1.29 is 13.5 Å². The molecule has 1 atom stereocenters. The molecule has 0 amide bonds. The van der Waals surface area contributed by atoms with Gasteiger partial charge in [-0.25, -0.2) is 8.78 Å². The van der Waals surface area contributed by atoms with E-state index in [9.17, 15) is 8.78 Å². The highest BCUT2D eigenvalue weighted by Gasteiger charge is 2.27. The van der Waals surface area contributed by atoms with Crippen molar-refractivity contribution in [2.24, 2.45) is 0 Å². The number of piperazine rings is 1. The molecule has 5 heteroatoms. The van der Waals surface area contributed by atoms with E-state index in [0.717, 1.165) is 37.3 Å². The standard InChI is InChI=1S/C18H20F2N2O/c1-23-17-6-5-15(20)12-16(17)18(22-9-7-21-8-10-22)13-3-2-4-14(19)11-13/h2-6,11-12,18,21H,7-10H2,1H3. The zero-order valence-electron chi connectivity index (χ0n) is 13.1. The lowest BCUT2D eigenvalue weighted by molar-refractivity contribution is 0.195. The molecule has 3 nitrogen and oxygen atoms in total. The topological polar surface area (TPSA) is 24.5 Å². The second kappa shape index (κ2) is 7.06. The van der Waals surface area contributed by atoms with Gasteiger partial charge in [0, 0.05) is 31.7 Å². The van der Waals surface area contributed by atoms with Gasteiger partial charge in [-0.3, -0.25) is 4.90 Å². The third-order valence-electron chi connectivity index (χ3n) is 4.17. The van der Waals surface area contributed by atoms with Gasteiger partial charge in [-0.15, -0.1) is 0 Å². The number of rotatable bonds is 4. The molecule has 1 aliphatic heterocycles. The van der Waals surface area contributed by atoms with Gasteiger partial charge in [-0.05, 0) is 35.9 Å². The van der Waals surface area contributed by atoms with Crippen LogP contribution in [0.25, 0.3) is 0 Å². The van der Waals surface area contributed by atoms with Crippen LogP contribution in [0, 0.1) is 11.6 Å². The molecule has 0 saturated carbocycles. The summed E-state index contributed by atoms with van der Waals surface area (Å²) in [7, 11) is 1.57. The number of benzene rings is 2. The summed E-state index contributed by atoms with van der Waals surface area (Å²) in [6.45, 7) is 3.31. The van der Waals surface area contributed by atoms with Crippen molar-refractivity contribution in [2.75, 3.05) is 33.3 Å². The van der Waals surface area contributed by atoms with E-state index in [2.05, 4.69) is 10.2 Å². The predicted octanol–water partition coefficient (Wildman–Crippen LogP) is 2.97. The number of hydrogen-bond acceptors (Lipinski definition) is 3. The number of halogens is 2. The van der Waals surface area contributed by atoms with Crippen LogP contribution in [0.15, 0.2) is 42.5 Å². The van der Waals surface area contributed by atoms with Crippen molar-refractivity contribution in [3.8, 4) is 5.75 Å². The highest BCUT2D eigenvalue weighted by Crippen LogP contribution is 2.35. The Morgan fingerprint density at radius 1 is 1.04 bits per heavy atom. The average Bonchev–Trinajstić information content (AvgIpc) is 2.56. The van der Waals surface area contributed by atoms with Crippen LogP contribution in [0.3, 0.4) is 0 Å². The summed E-state index contributed by atoms with van der Waals surface area (Å²) in [5.74, 6) is -0.00506. The largest absolute Gasteiger partial charge is 0.496 e. The zero-order valence-corrected chi connectivity index (χ0v) is 13.1. The quantitative estimate of drug-likeness (QED) is 0.938. The molecule has 1 saturated heterocycles. The molecule has 2 aromatic rings. The molecule has 122 valence electrons. The zero-order chi connectivity index (χ0) is 16.2. The third-order valence-corrected chi connectivity index (χ3v) is 4.17. The summed E-state index contributed by atoms with van der Waals surface area (Å²) in [6, 6.07) is 10.7. The second-order valence-corrected chi connectivity index (χ2v) is 5.63. The fourth-order valence-electron chi connectivity index (χ4n) is 3.12. The SMILES string of the molecule is COc1ccc(F)cc1C(c1cccc(F)c1)N1CCNCC1. The molecule has 1 fully saturated rings. The average molecular weight is 318 g/mol. The van der Waals surface area contributed by atoms with E-state index in [4.69, 9.17) is 4.74 Å². The van der Waals surface area contributed by atoms with Crippen molar-refractivity contribution in [1.82, 2.24) is 10.2 Å². The normalized spacial score (nSPS) is 17.0. The first kappa shape index (κ1) is 15.9. The first-order valence-electron chi connectivity index (χ1n) is 7.72. The van der Waals surface area contributed by atoms with Gasteiger partial charge >= 0.3 is 0 Å². The number of methoxy groups -OCH3 is 1.